The van der Waals surface area contributed by atoms with Crippen molar-refractivity contribution in [1.82, 2.24) is 30.6 Å². The number of anilines is 8. The molecule has 2 aromatic carbocycles. The molecule has 4 heterocycles. The monoisotopic (exact) mass is 1050 g/mol. The van der Waals surface area contributed by atoms with E-state index in [-0.39, 0.29) is 124 Å². The summed E-state index contributed by atoms with van der Waals surface area (Å²) in [6.45, 7) is 4.52. The number of fused-ring (bicyclic) bond motifs is 2. The number of nitrogens with one attached hydrogen (secondary N) is 10. The predicted octanol–water partition coefficient (Wildman–Crippen LogP) is -7.25. The smallest absolute Gasteiger partial charge is 0.550 e. The minimum Gasteiger partial charge on any atom is -0.550 e. The van der Waals surface area contributed by atoms with Crippen molar-refractivity contribution in [3.05, 3.63) is 80.4 Å². The Morgan fingerprint density at radius 3 is 1.24 bits per heavy atom. The third-order valence-corrected chi connectivity index (χ3v) is 10.2. The molecule has 31 nitrogen and oxygen atoms in total. The van der Waals surface area contributed by atoms with Gasteiger partial charge in [-0.3, -0.25) is 29.1 Å². The second-order valence-corrected chi connectivity index (χ2v) is 15.4. The van der Waals surface area contributed by atoms with E-state index in [1.807, 2.05) is 0 Å². The molecule has 6 unspecified atom stereocenters. The van der Waals surface area contributed by atoms with Crippen molar-refractivity contribution < 1.29 is 76.6 Å². The van der Waals surface area contributed by atoms with Gasteiger partial charge in [0.05, 0.1) is 12.1 Å². The summed E-state index contributed by atoms with van der Waals surface area (Å²) in [5, 5.41) is 63.5. The fraction of sp³-hybridized carbons (Fsp3) is 0.350. The van der Waals surface area contributed by atoms with E-state index in [9.17, 15) is 58.8 Å². The van der Waals surface area contributed by atoms with Gasteiger partial charge in [-0.1, -0.05) is 13.8 Å². The number of amides is 2. The molecular formula is C40H58CaN14O17. The molecule has 0 radical (unpaired) electrons. The van der Waals surface area contributed by atoms with Crippen molar-refractivity contribution in [1.29, 1.82) is 0 Å². The zero-order valence-corrected chi connectivity index (χ0v) is 40.8. The molecule has 0 aliphatic carbocycles. The van der Waals surface area contributed by atoms with Gasteiger partial charge in [-0.05, 0) is 73.2 Å². The number of nitrogen functional groups attached to an aromatic ring is 2. The number of hydrogen-bond acceptors (Lipinski definition) is 20. The molecular weight excluding hydrogens is 989 g/mol. The van der Waals surface area contributed by atoms with Gasteiger partial charge in [-0.15, -0.1) is 0 Å². The van der Waals surface area contributed by atoms with Crippen LogP contribution in [0, 0.1) is 11.8 Å². The van der Waals surface area contributed by atoms with Crippen LogP contribution in [0.3, 0.4) is 0 Å². The number of carbonyl (C=O) groups excluding carboxylic acids is 4. The van der Waals surface area contributed by atoms with Crippen molar-refractivity contribution in [2.75, 3.05) is 69.5 Å². The van der Waals surface area contributed by atoms with Crippen molar-refractivity contribution in [3.8, 4) is 0 Å². The van der Waals surface area contributed by atoms with Gasteiger partial charge < -0.3 is 111 Å². The number of hydrogen-bond donors (Lipinski definition) is 14. The number of nitrogens with two attached hydrogens (primary N) is 2. The van der Waals surface area contributed by atoms with E-state index in [1.54, 1.807) is 24.3 Å². The van der Waals surface area contributed by atoms with Crippen molar-refractivity contribution in [2.24, 2.45) is 11.8 Å². The molecule has 0 bridgehead atoms. The van der Waals surface area contributed by atoms with Crippen LogP contribution in [0.15, 0.2) is 58.1 Å². The van der Waals surface area contributed by atoms with Gasteiger partial charge in [-0.2, -0.15) is 9.97 Å². The van der Waals surface area contributed by atoms with Crippen LogP contribution in [-0.2, 0) is 19.2 Å². The van der Waals surface area contributed by atoms with Crippen LogP contribution >= 0.6 is 0 Å². The summed E-state index contributed by atoms with van der Waals surface area (Å²) in [5.74, 6) is -7.96. The Kier molecular flexibility index (Phi) is 28.0. The number of carbonyl (C=O) groups is 6. The average Bonchev–Trinajstić information content (AvgIpc) is 3.27. The molecule has 392 valence electrons. The molecule has 2 aliphatic heterocycles. The van der Waals surface area contributed by atoms with Crippen LogP contribution in [0.2, 0.25) is 0 Å². The molecule has 2 aliphatic rings. The van der Waals surface area contributed by atoms with Crippen molar-refractivity contribution in [2.45, 2.75) is 50.9 Å². The van der Waals surface area contributed by atoms with E-state index in [0.29, 0.717) is 60.6 Å². The third kappa shape index (κ3) is 18.7. The Morgan fingerprint density at radius 1 is 0.625 bits per heavy atom. The Hall–Kier alpha value is -7.52. The Labute approximate surface area is 437 Å². The number of benzene rings is 2. The number of carboxylic acids is 4. The van der Waals surface area contributed by atoms with Gasteiger partial charge in [0.15, 0.2) is 11.6 Å². The van der Waals surface area contributed by atoms with Gasteiger partial charge in [0.25, 0.3) is 22.9 Å². The fourth-order valence-electron chi connectivity index (χ4n) is 6.49. The first-order chi connectivity index (χ1) is 31.3. The minimum atomic E-state index is -1.39. The van der Waals surface area contributed by atoms with Crippen LogP contribution in [0.5, 0.6) is 0 Å². The summed E-state index contributed by atoms with van der Waals surface area (Å²) < 4.78 is 0. The number of H-pyrrole nitrogens is 2. The van der Waals surface area contributed by atoms with E-state index in [2.05, 4.69) is 62.5 Å². The largest absolute Gasteiger partial charge is 2.00 e. The quantitative estimate of drug-likeness (QED) is 0.0412. The molecule has 72 heavy (non-hydrogen) atoms. The summed E-state index contributed by atoms with van der Waals surface area (Å²) in [5.41, 5.74) is 12.7. The predicted molar refractivity (Wildman–Crippen MR) is 259 cm³/mol. The van der Waals surface area contributed by atoms with Gasteiger partial charge in [0.2, 0.25) is 11.9 Å². The summed E-state index contributed by atoms with van der Waals surface area (Å²) in [6.07, 6.45) is -0.584. The van der Waals surface area contributed by atoms with Crippen LogP contribution in [0.1, 0.15) is 47.4 Å². The Bertz CT molecular complexity index is 2400. The van der Waals surface area contributed by atoms with Crippen LogP contribution < -0.4 is 75.3 Å². The molecule has 0 spiro atoms. The standard InChI is InChI=1S/2C20H25N7O6.Ca.5H2O/c2*1-9(18(30)31)6-13(19(32)33)25-16(28)10-2-4-11(5-3-10)22-7-12-8-23-15-14(24-12)17(29)27-20(21)26-15;;;;;;/h2*2-5,9,12-13,22,24H,6-8H2,1H3,(H,25,28)(H,30,31)(H,32,33)(H4,21,23,26,27,29);;5*1H2/q;;+2;;;;;/p-2. The molecule has 6 rings (SSSR count). The van der Waals surface area contributed by atoms with Gasteiger partial charge in [-0.25, -0.2) is 9.59 Å². The summed E-state index contributed by atoms with van der Waals surface area (Å²) in [7, 11) is 0. The number of rotatable bonds is 18. The Morgan fingerprint density at radius 2 is 0.944 bits per heavy atom. The van der Waals surface area contributed by atoms with Crippen molar-refractivity contribution >= 4 is 120 Å². The van der Waals surface area contributed by atoms with Gasteiger partial charge in [0, 0.05) is 60.6 Å². The maximum absolute atomic E-state index is 12.4. The zero-order chi connectivity index (χ0) is 48.2. The first-order valence-electron chi connectivity index (χ1n) is 20.2. The SMILES string of the molecule is CC(CC(NC(=O)c1ccc(NCC2CNc3nc(N)[nH]c(=O)c3N2)cc1)C(=O)O)C(=O)[O-].CC(CC(NC(=O)c1ccc(NCC2CNc3nc(N)[nH]c(=O)c3N2)cc1)C(=O)O)C(=O)[O-].O.O.O.O.O.[Ca+2]. The number of aromatic amines is 2. The second kappa shape index (κ2) is 30.3. The number of carboxylic acid groups (broad SMARTS) is 4. The summed E-state index contributed by atoms with van der Waals surface area (Å²) >= 11 is 0. The molecule has 26 N–H and O–H groups in total. The molecule has 0 fully saturated rings. The molecule has 4 aromatic rings. The molecule has 2 amide bonds. The third-order valence-electron chi connectivity index (χ3n) is 10.2. The summed E-state index contributed by atoms with van der Waals surface area (Å²) in [4.78, 5) is 106. The van der Waals surface area contributed by atoms with E-state index in [4.69, 9.17) is 11.5 Å². The fourth-order valence-corrected chi connectivity index (χ4v) is 6.49. The maximum atomic E-state index is 12.4. The normalized spacial score (nSPS) is 15.0. The van der Waals surface area contributed by atoms with E-state index in [0.717, 1.165) is 0 Å². The molecule has 0 saturated heterocycles. The van der Waals surface area contributed by atoms with E-state index >= 15 is 0 Å². The molecule has 32 heteroatoms. The van der Waals surface area contributed by atoms with Crippen molar-refractivity contribution in [3.63, 3.8) is 0 Å². The molecule has 6 atom stereocenters. The first-order valence-corrected chi connectivity index (χ1v) is 20.2. The van der Waals surface area contributed by atoms with E-state index < -0.39 is 59.6 Å². The van der Waals surface area contributed by atoms with Crippen LogP contribution in [-0.4, -0.2) is 181 Å². The van der Waals surface area contributed by atoms with Crippen LogP contribution in [0.4, 0.5) is 46.3 Å². The summed E-state index contributed by atoms with van der Waals surface area (Å²) in [6, 6.07) is 9.66. The maximum Gasteiger partial charge on any atom is 2.00 e. The Balaban J connectivity index is 0. The first kappa shape index (κ1) is 66.6. The zero-order valence-electron chi connectivity index (χ0n) is 38.6. The molecule has 0 saturated carbocycles. The minimum absolute atomic E-state index is 0. The number of aromatic nitrogens is 4. The van der Waals surface area contributed by atoms with Crippen LogP contribution in [0.25, 0.3) is 0 Å². The van der Waals surface area contributed by atoms with E-state index in [1.165, 1.54) is 38.1 Å². The molecule has 2 aromatic heterocycles. The number of nitrogens with zero attached hydrogens (tertiary/aromatic N) is 2. The number of aliphatic carboxylic acids is 4. The average molecular weight is 1050 g/mol. The second-order valence-electron chi connectivity index (χ2n) is 15.4. The van der Waals surface area contributed by atoms with Gasteiger partial charge >= 0.3 is 49.7 Å². The topological polar surface area (TPSA) is 586 Å². The van der Waals surface area contributed by atoms with Gasteiger partial charge in [0.1, 0.15) is 23.5 Å².